The molecule has 1 saturated heterocycles. The minimum absolute atomic E-state index is 0.0222. The van der Waals surface area contributed by atoms with Gasteiger partial charge < -0.3 is 14.8 Å². The molecular weight excluding hydrogens is 422 g/mol. The van der Waals surface area contributed by atoms with Gasteiger partial charge in [0.25, 0.3) is 0 Å². The quantitative estimate of drug-likeness (QED) is 0.564. The van der Waals surface area contributed by atoms with Crippen molar-refractivity contribution in [1.29, 1.82) is 0 Å². The number of hydrogen-bond donors (Lipinski definition) is 1. The summed E-state index contributed by atoms with van der Waals surface area (Å²) in [5.74, 6) is 0.851. The number of methoxy groups -OCH3 is 1. The highest BCUT2D eigenvalue weighted by atomic mass is 32.1. The molecule has 0 bridgehead atoms. The summed E-state index contributed by atoms with van der Waals surface area (Å²) in [5, 5.41) is 6.25. The molecule has 2 aromatic carbocycles. The number of carbonyl (C=O) groups is 1. The molecule has 3 aromatic rings. The number of amides is 1. The zero-order chi connectivity index (χ0) is 22.3. The van der Waals surface area contributed by atoms with Crippen molar-refractivity contribution in [3.8, 4) is 17.0 Å². The number of ether oxygens (including phenoxy) is 2. The monoisotopic (exact) mass is 451 g/mol. The fourth-order valence-electron chi connectivity index (χ4n) is 3.92. The molecule has 168 valence electrons. The van der Waals surface area contributed by atoms with E-state index in [-0.39, 0.29) is 11.9 Å². The molecular formula is C25H29N3O3S. The van der Waals surface area contributed by atoms with Gasteiger partial charge >= 0.3 is 0 Å². The minimum Gasteiger partial charge on any atom is -0.497 e. The normalized spacial score (nSPS) is 15.3. The van der Waals surface area contributed by atoms with E-state index < -0.39 is 0 Å². The zero-order valence-electron chi connectivity index (χ0n) is 18.5. The molecule has 1 aliphatic rings. The number of morpholine rings is 1. The molecule has 0 radical (unpaired) electrons. The second kappa shape index (κ2) is 10.7. The van der Waals surface area contributed by atoms with E-state index >= 15 is 0 Å². The number of aromatic nitrogens is 1. The lowest BCUT2D eigenvalue weighted by molar-refractivity contribution is -0.120. The Hall–Kier alpha value is -2.74. The minimum atomic E-state index is 0.0222. The lowest BCUT2D eigenvalue weighted by Crippen LogP contribution is -2.44. The highest BCUT2D eigenvalue weighted by molar-refractivity contribution is 7.09. The maximum Gasteiger partial charge on any atom is 0.224 e. The first-order chi connectivity index (χ1) is 15.6. The molecule has 7 heteroatoms. The SMILES string of the molecule is COc1ccc(C(CNC(=O)Cc2ccc(-c3csc(C)n3)cc2)N2CCOCC2)cc1. The second-order valence-electron chi connectivity index (χ2n) is 7.87. The predicted molar refractivity (Wildman–Crippen MR) is 127 cm³/mol. The second-order valence-corrected chi connectivity index (χ2v) is 8.93. The van der Waals surface area contributed by atoms with Crippen molar-refractivity contribution in [2.45, 2.75) is 19.4 Å². The van der Waals surface area contributed by atoms with Crippen molar-refractivity contribution < 1.29 is 14.3 Å². The Morgan fingerprint density at radius 2 is 1.88 bits per heavy atom. The van der Waals surface area contributed by atoms with Crippen LogP contribution in [0.2, 0.25) is 0 Å². The Bertz CT molecular complexity index is 1010. The number of thiazole rings is 1. The summed E-state index contributed by atoms with van der Waals surface area (Å²) in [4.78, 5) is 19.6. The lowest BCUT2D eigenvalue weighted by atomic mass is 10.0. The van der Waals surface area contributed by atoms with Crippen molar-refractivity contribution in [3.63, 3.8) is 0 Å². The summed E-state index contributed by atoms with van der Waals surface area (Å²) in [6.07, 6.45) is 0.356. The number of nitrogens with zero attached hydrogens (tertiary/aromatic N) is 2. The van der Waals surface area contributed by atoms with Crippen LogP contribution in [-0.4, -0.2) is 55.7 Å². The molecule has 6 nitrogen and oxygen atoms in total. The Morgan fingerprint density at radius 1 is 1.16 bits per heavy atom. The van der Waals surface area contributed by atoms with Crippen molar-refractivity contribution in [2.24, 2.45) is 0 Å². The van der Waals surface area contributed by atoms with Crippen LogP contribution in [-0.2, 0) is 16.0 Å². The van der Waals surface area contributed by atoms with E-state index in [0.717, 1.165) is 46.2 Å². The molecule has 1 fully saturated rings. The van der Waals surface area contributed by atoms with Crippen LogP contribution in [0.25, 0.3) is 11.3 Å². The average molecular weight is 452 g/mol. The zero-order valence-corrected chi connectivity index (χ0v) is 19.4. The summed E-state index contributed by atoms with van der Waals surface area (Å²) >= 11 is 1.64. The number of nitrogens with one attached hydrogen (secondary N) is 1. The van der Waals surface area contributed by atoms with Crippen LogP contribution in [0, 0.1) is 6.92 Å². The van der Waals surface area contributed by atoms with Gasteiger partial charge in [0.15, 0.2) is 0 Å². The van der Waals surface area contributed by atoms with Crippen molar-refractivity contribution in [2.75, 3.05) is 40.0 Å². The van der Waals surface area contributed by atoms with E-state index in [9.17, 15) is 4.79 Å². The van der Waals surface area contributed by atoms with Gasteiger partial charge in [0.05, 0.1) is 43.5 Å². The van der Waals surface area contributed by atoms with Crippen molar-refractivity contribution in [1.82, 2.24) is 15.2 Å². The van der Waals surface area contributed by atoms with Gasteiger partial charge in [0.2, 0.25) is 5.91 Å². The van der Waals surface area contributed by atoms with Crippen LogP contribution in [0.1, 0.15) is 22.2 Å². The van der Waals surface area contributed by atoms with Gasteiger partial charge in [-0.2, -0.15) is 0 Å². The van der Waals surface area contributed by atoms with Crippen LogP contribution in [0.4, 0.5) is 0 Å². The Kier molecular flexibility index (Phi) is 7.52. The number of benzene rings is 2. The fraction of sp³-hybridized carbons (Fsp3) is 0.360. The molecule has 0 saturated carbocycles. The number of rotatable bonds is 8. The summed E-state index contributed by atoms with van der Waals surface area (Å²) in [6, 6.07) is 16.3. The molecule has 1 aliphatic heterocycles. The van der Waals surface area contributed by atoms with Gasteiger partial charge in [-0.1, -0.05) is 36.4 Å². The Labute approximate surface area is 193 Å². The van der Waals surface area contributed by atoms with Gasteiger partial charge in [-0.3, -0.25) is 9.69 Å². The van der Waals surface area contributed by atoms with Crippen LogP contribution >= 0.6 is 11.3 Å². The standard InChI is InChI=1S/C25H29N3O3S/c1-18-27-23(17-32-18)20-5-3-19(4-6-20)15-25(29)26-16-24(28-11-13-31-14-12-28)21-7-9-22(30-2)10-8-21/h3-10,17,24H,11-16H2,1-2H3,(H,26,29). The molecule has 0 spiro atoms. The fourth-order valence-corrected chi connectivity index (χ4v) is 4.54. The molecule has 1 atom stereocenters. The third-order valence-corrected chi connectivity index (χ3v) is 6.49. The summed E-state index contributed by atoms with van der Waals surface area (Å²) in [6.45, 7) is 5.69. The van der Waals surface area contributed by atoms with Gasteiger partial charge in [-0.05, 0) is 30.2 Å². The van der Waals surface area contributed by atoms with E-state index in [4.69, 9.17) is 9.47 Å². The van der Waals surface area contributed by atoms with Crippen molar-refractivity contribution >= 4 is 17.2 Å². The van der Waals surface area contributed by atoms with E-state index in [1.165, 1.54) is 0 Å². The smallest absolute Gasteiger partial charge is 0.224 e. The van der Waals surface area contributed by atoms with Crippen LogP contribution in [0.3, 0.4) is 0 Å². The maximum atomic E-state index is 12.7. The lowest BCUT2D eigenvalue weighted by Gasteiger charge is -2.35. The van der Waals surface area contributed by atoms with E-state index in [0.29, 0.717) is 26.2 Å². The van der Waals surface area contributed by atoms with Crippen LogP contribution in [0.15, 0.2) is 53.9 Å². The molecule has 4 rings (SSSR count). The molecule has 2 heterocycles. The molecule has 1 unspecified atom stereocenters. The van der Waals surface area contributed by atoms with Gasteiger partial charge in [0, 0.05) is 30.6 Å². The van der Waals surface area contributed by atoms with Gasteiger partial charge in [-0.25, -0.2) is 4.98 Å². The Balaban J connectivity index is 1.38. The molecule has 1 aromatic heterocycles. The molecule has 32 heavy (non-hydrogen) atoms. The first-order valence-corrected chi connectivity index (χ1v) is 11.7. The summed E-state index contributed by atoms with van der Waals surface area (Å²) in [7, 11) is 1.67. The van der Waals surface area contributed by atoms with Gasteiger partial charge in [0.1, 0.15) is 5.75 Å². The average Bonchev–Trinajstić information content (AvgIpc) is 3.27. The van der Waals surface area contributed by atoms with Crippen LogP contribution < -0.4 is 10.1 Å². The van der Waals surface area contributed by atoms with Crippen LogP contribution in [0.5, 0.6) is 5.75 Å². The van der Waals surface area contributed by atoms with Crippen molar-refractivity contribution in [3.05, 3.63) is 70.0 Å². The van der Waals surface area contributed by atoms with E-state index in [1.807, 2.05) is 43.3 Å². The number of carbonyl (C=O) groups excluding carboxylic acids is 1. The van der Waals surface area contributed by atoms with E-state index in [1.54, 1.807) is 18.4 Å². The molecule has 0 aliphatic carbocycles. The first kappa shape index (κ1) is 22.5. The van der Waals surface area contributed by atoms with E-state index in [2.05, 4.69) is 32.7 Å². The molecule has 1 N–H and O–H groups in total. The third kappa shape index (κ3) is 5.73. The maximum absolute atomic E-state index is 12.7. The highest BCUT2D eigenvalue weighted by Gasteiger charge is 2.23. The number of aryl methyl sites for hydroxylation is 1. The summed E-state index contributed by atoms with van der Waals surface area (Å²) in [5.41, 5.74) is 4.21. The molecule has 1 amide bonds. The summed E-state index contributed by atoms with van der Waals surface area (Å²) < 4.78 is 10.8. The Morgan fingerprint density at radius 3 is 2.50 bits per heavy atom. The largest absolute Gasteiger partial charge is 0.497 e. The third-order valence-electron chi connectivity index (χ3n) is 5.71. The number of hydrogen-bond acceptors (Lipinski definition) is 6. The predicted octanol–water partition coefficient (Wildman–Crippen LogP) is 3.86. The first-order valence-electron chi connectivity index (χ1n) is 10.9. The topological polar surface area (TPSA) is 63.7 Å². The highest BCUT2D eigenvalue weighted by Crippen LogP contribution is 2.24. The van der Waals surface area contributed by atoms with Gasteiger partial charge in [-0.15, -0.1) is 11.3 Å².